The van der Waals surface area contributed by atoms with Crippen molar-refractivity contribution >= 4 is 31.5 Å². The van der Waals surface area contributed by atoms with Gasteiger partial charge in [0, 0.05) is 19.3 Å². The number of ketones is 1. The molecule has 0 saturated heterocycles. The van der Waals surface area contributed by atoms with Gasteiger partial charge in [-0.25, -0.2) is 4.57 Å². The number of carboxylic acid groups (broad SMARTS) is 1. The normalized spacial score (nSPS) is 14.2. The van der Waals surface area contributed by atoms with Crippen LogP contribution in [0, 0.1) is 0 Å². The van der Waals surface area contributed by atoms with E-state index in [9.17, 15) is 28.6 Å². The Kier molecular flexibility index (Phi) is 36.3. The number of aliphatic carboxylic acids is 1. The first-order valence-electron chi connectivity index (χ1n) is 21.3. The van der Waals surface area contributed by atoms with Crippen LogP contribution in [0.5, 0.6) is 0 Å². The third-order valence-electron chi connectivity index (χ3n) is 8.71. The van der Waals surface area contributed by atoms with Crippen LogP contribution in [0.25, 0.3) is 0 Å². The van der Waals surface area contributed by atoms with Gasteiger partial charge < -0.3 is 25.2 Å². The Bertz CT molecular complexity index is 1260. The fourth-order valence-corrected chi connectivity index (χ4v) is 6.07. The zero-order valence-corrected chi connectivity index (χ0v) is 35.8. The van der Waals surface area contributed by atoms with E-state index in [2.05, 4.69) is 48.8 Å². The number of hydrogen-bond donors (Lipinski definition) is 3. The van der Waals surface area contributed by atoms with Gasteiger partial charge in [0.25, 0.3) is 0 Å². The average Bonchev–Trinajstić information content (AvgIpc) is 3.18. The molecule has 13 heteroatoms. The molecule has 0 aromatic heterocycles. The fraction of sp³-hybridized carbons (Fsp3) is 0.682. The molecular formula is C44H74NO11P. The second-order valence-corrected chi connectivity index (χ2v) is 15.6. The van der Waals surface area contributed by atoms with Gasteiger partial charge >= 0.3 is 25.7 Å². The highest BCUT2D eigenvalue weighted by atomic mass is 31.2. The maximum absolute atomic E-state index is 12.6. The second kappa shape index (κ2) is 38.4. The van der Waals surface area contributed by atoms with Crippen molar-refractivity contribution in [1.29, 1.82) is 0 Å². The van der Waals surface area contributed by atoms with Crippen molar-refractivity contribution in [2.24, 2.45) is 5.73 Å². The molecule has 0 spiro atoms. The van der Waals surface area contributed by atoms with Crippen LogP contribution in [0.4, 0.5) is 0 Å². The summed E-state index contributed by atoms with van der Waals surface area (Å²) in [5, 5.41) is 8.88. The Morgan fingerprint density at radius 3 is 1.77 bits per heavy atom. The molecule has 0 aliphatic rings. The molecule has 4 N–H and O–H groups in total. The molecule has 0 radical (unpaired) electrons. The first-order chi connectivity index (χ1) is 27.5. The molecule has 0 aliphatic carbocycles. The van der Waals surface area contributed by atoms with Gasteiger partial charge in [0.1, 0.15) is 12.6 Å². The van der Waals surface area contributed by atoms with Crippen molar-refractivity contribution in [1.82, 2.24) is 0 Å². The van der Waals surface area contributed by atoms with Crippen LogP contribution in [-0.4, -0.2) is 65.7 Å². The lowest BCUT2D eigenvalue weighted by molar-refractivity contribution is -0.161. The molecule has 57 heavy (non-hydrogen) atoms. The standard InChI is InChI=1S/C44H74NO11P/c1-3-5-7-9-11-12-13-14-15-16-17-18-19-20-22-26-31-35-43(48)56-40(37-54-57(51,52)55-38-41(45)44(49)50)36-53-42(47)34-30-27-23-25-29-33-39(46)32-28-24-21-10-8-6-4-2/h14-15,17-18,20-22,24,28,32,40-41H,3-13,16,19,23,25-27,29-31,33-38,45H2,1-2H3,(H,49,50)(H,51,52)/b15-14-,18-17-,22-20-,24-21-,32-28+/t40-,41+/m1/s1. The third kappa shape index (κ3) is 38.2. The summed E-state index contributed by atoms with van der Waals surface area (Å²) in [7, 11) is -4.76. The van der Waals surface area contributed by atoms with Crippen molar-refractivity contribution in [3.8, 4) is 0 Å². The van der Waals surface area contributed by atoms with Gasteiger partial charge in [0.05, 0.1) is 13.2 Å². The van der Waals surface area contributed by atoms with Crippen molar-refractivity contribution in [3.05, 3.63) is 60.8 Å². The monoisotopic (exact) mass is 823 g/mol. The molecule has 326 valence electrons. The van der Waals surface area contributed by atoms with E-state index in [1.807, 2.05) is 18.2 Å². The van der Waals surface area contributed by atoms with E-state index in [1.54, 1.807) is 12.2 Å². The van der Waals surface area contributed by atoms with E-state index < -0.39 is 57.7 Å². The van der Waals surface area contributed by atoms with Gasteiger partial charge in [-0.05, 0) is 70.3 Å². The Hall–Kier alpha value is -3.15. The predicted octanol–water partition coefficient (Wildman–Crippen LogP) is 10.3. The number of ether oxygens (including phenoxy) is 2. The first kappa shape index (κ1) is 53.9. The summed E-state index contributed by atoms with van der Waals surface area (Å²) in [6.07, 6.45) is 39.8. The van der Waals surface area contributed by atoms with E-state index in [0.29, 0.717) is 25.7 Å². The second-order valence-electron chi connectivity index (χ2n) is 14.2. The zero-order valence-electron chi connectivity index (χ0n) is 34.9. The summed E-state index contributed by atoms with van der Waals surface area (Å²) >= 11 is 0. The molecule has 0 saturated carbocycles. The lowest BCUT2D eigenvalue weighted by Gasteiger charge is -2.20. The van der Waals surface area contributed by atoms with Crippen LogP contribution < -0.4 is 5.73 Å². The number of esters is 2. The van der Waals surface area contributed by atoms with E-state index in [1.165, 1.54) is 51.4 Å². The van der Waals surface area contributed by atoms with Crippen molar-refractivity contribution in [2.45, 2.75) is 174 Å². The van der Waals surface area contributed by atoms with Crippen LogP contribution in [-0.2, 0) is 42.3 Å². The number of unbranched alkanes of at least 4 members (excludes halogenated alkanes) is 14. The highest BCUT2D eigenvalue weighted by Gasteiger charge is 2.28. The minimum atomic E-state index is -4.76. The highest BCUT2D eigenvalue weighted by Crippen LogP contribution is 2.43. The molecule has 0 aliphatic heterocycles. The Morgan fingerprint density at radius 1 is 0.596 bits per heavy atom. The Labute approximate surface area is 343 Å². The summed E-state index contributed by atoms with van der Waals surface area (Å²) in [6, 6.07) is -1.55. The molecule has 0 aromatic rings. The van der Waals surface area contributed by atoms with Crippen LogP contribution in [0.15, 0.2) is 60.8 Å². The van der Waals surface area contributed by atoms with Crippen LogP contribution in [0.2, 0.25) is 0 Å². The first-order valence-corrected chi connectivity index (χ1v) is 22.8. The molecule has 0 aromatic carbocycles. The number of nitrogens with two attached hydrogens (primary N) is 1. The molecule has 1 unspecified atom stereocenters. The van der Waals surface area contributed by atoms with E-state index >= 15 is 0 Å². The molecular weight excluding hydrogens is 749 g/mol. The quantitative estimate of drug-likeness (QED) is 0.0133. The molecule has 0 amide bonds. The summed E-state index contributed by atoms with van der Waals surface area (Å²) < 4.78 is 32.5. The summed E-state index contributed by atoms with van der Waals surface area (Å²) in [4.78, 5) is 57.9. The van der Waals surface area contributed by atoms with Crippen LogP contribution in [0.1, 0.15) is 162 Å². The van der Waals surface area contributed by atoms with Crippen molar-refractivity contribution in [2.75, 3.05) is 19.8 Å². The molecule has 12 nitrogen and oxygen atoms in total. The highest BCUT2D eigenvalue weighted by molar-refractivity contribution is 7.47. The minimum absolute atomic E-state index is 0.0623. The average molecular weight is 824 g/mol. The number of carboxylic acids is 1. The zero-order chi connectivity index (χ0) is 42.2. The van der Waals surface area contributed by atoms with Gasteiger partial charge in [-0.1, -0.05) is 133 Å². The van der Waals surface area contributed by atoms with E-state index in [0.717, 1.165) is 57.8 Å². The Balaban J connectivity index is 4.56. The summed E-state index contributed by atoms with van der Waals surface area (Å²) in [6.45, 7) is 2.56. The summed E-state index contributed by atoms with van der Waals surface area (Å²) in [5.74, 6) is -2.47. The fourth-order valence-electron chi connectivity index (χ4n) is 5.30. The SMILES string of the molecule is CCCCC/C=C\C=C\C(=O)CCCCCCCC(=O)OC[C@H](COP(=O)(O)OC[C@H](N)C(=O)O)OC(=O)CCC/C=C\C/C=C\C/C=C\CCCCCCCC. The number of carbonyl (C=O) groups excluding carboxylic acids is 3. The van der Waals surface area contributed by atoms with Crippen molar-refractivity contribution in [3.63, 3.8) is 0 Å². The number of phosphoric ester groups is 1. The topological polar surface area (TPSA) is 189 Å². The van der Waals surface area contributed by atoms with Gasteiger partial charge in [-0.3, -0.25) is 28.2 Å². The van der Waals surface area contributed by atoms with Crippen LogP contribution in [0.3, 0.4) is 0 Å². The number of carbonyl (C=O) groups is 4. The largest absolute Gasteiger partial charge is 0.480 e. The molecule has 0 bridgehead atoms. The Morgan fingerprint density at radius 2 is 1.11 bits per heavy atom. The van der Waals surface area contributed by atoms with Gasteiger partial charge in [0.15, 0.2) is 11.9 Å². The third-order valence-corrected chi connectivity index (χ3v) is 9.67. The smallest absolute Gasteiger partial charge is 0.472 e. The van der Waals surface area contributed by atoms with E-state index in [4.69, 9.17) is 24.8 Å². The predicted molar refractivity (Wildman–Crippen MR) is 226 cm³/mol. The van der Waals surface area contributed by atoms with Gasteiger partial charge in [-0.2, -0.15) is 0 Å². The lowest BCUT2D eigenvalue weighted by atomic mass is 10.1. The molecule has 3 atom stereocenters. The molecule has 0 fully saturated rings. The number of phosphoric acid groups is 1. The number of rotatable bonds is 39. The molecule has 0 heterocycles. The van der Waals surface area contributed by atoms with Gasteiger partial charge in [-0.15, -0.1) is 0 Å². The number of allylic oxidation sites excluding steroid dienone is 10. The van der Waals surface area contributed by atoms with Crippen molar-refractivity contribution < 1.29 is 52.3 Å². The lowest BCUT2D eigenvalue weighted by Crippen LogP contribution is -2.34. The number of hydrogen-bond acceptors (Lipinski definition) is 10. The summed E-state index contributed by atoms with van der Waals surface area (Å²) in [5.41, 5.74) is 5.32. The molecule has 0 rings (SSSR count). The maximum Gasteiger partial charge on any atom is 0.472 e. The van der Waals surface area contributed by atoms with Gasteiger partial charge in [0.2, 0.25) is 0 Å². The van der Waals surface area contributed by atoms with E-state index in [-0.39, 0.29) is 18.6 Å². The maximum atomic E-state index is 12.6. The van der Waals surface area contributed by atoms with Crippen LogP contribution >= 0.6 is 7.82 Å². The minimum Gasteiger partial charge on any atom is -0.480 e.